The molecule has 0 aromatic heterocycles. The molecule has 0 radical (unpaired) electrons. The lowest BCUT2D eigenvalue weighted by Crippen LogP contribution is -2.30. The van der Waals surface area contributed by atoms with E-state index in [0.29, 0.717) is 18.8 Å². The van der Waals surface area contributed by atoms with Crippen LogP contribution in [0.3, 0.4) is 0 Å². The molecule has 2 aromatic rings. The molecule has 1 unspecified atom stereocenters. The van der Waals surface area contributed by atoms with Crippen molar-refractivity contribution in [3.63, 3.8) is 0 Å². The van der Waals surface area contributed by atoms with E-state index in [1.807, 2.05) is 13.0 Å². The molecule has 0 aliphatic rings. The second-order valence-corrected chi connectivity index (χ2v) is 6.31. The highest BCUT2D eigenvalue weighted by Gasteiger charge is 2.22. The number of anilines is 2. The number of hydrogen-bond acceptors (Lipinski definition) is 7. The Hall–Kier alpha value is -3.46. The van der Waals surface area contributed by atoms with Crippen molar-refractivity contribution < 1.29 is 24.0 Å². The third-order valence-corrected chi connectivity index (χ3v) is 3.99. The lowest BCUT2D eigenvalue weighted by atomic mass is 10.1. The maximum Gasteiger partial charge on any atom is 0.339 e. The molecule has 154 valence electrons. The number of nitrogens with one attached hydrogen (secondary N) is 2. The number of ether oxygens (including phenoxy) is 2. The van der Waals surface area contributed by atoms with E-state index < -0.39 is 22.9 Å². The third kappa shape index (κ3) is 6.28. The summed E-state index contributed by atoms with van der Waals surface area (Å²) in [7, 11) is 1.52. The number of amides is 1. The first kappa shape index (κ1) is 21.8. The van der Waals surface area contributed by atoms with Crippen molar-refractivity contribution in [3.05, 3.63) is 63.7 Å². The zero-order valence-electron chi connectivity index (χ0n) is 16.4. The number of nitrogens with zero attached hydrogens (tertiary/aromatic N) is 1. The van der Waals surface area contributed by atoms with Crippen LogP contribution in [0.1, 0.15) is 22.8 Å². The Morgan fingerprint density at radius 1 is 1.21 bits per heavy atom. The van der Waals surface area contributed by atoms with Crippen LogP contribution in [0.5, 0.6) is 0 Å². The minimum Gasteiger partial charge on any atom is -0.449 e. The van der Waals surface area contributed by atoms with Crippen molar-refractivity contribution in [2.24, 2.45) is 0 Å². The minimum atomic E-state index is -1.08. The van der Waals surface area contributed by atoms with E-state index in [1.165, 1.54) is 26.2 Å². The SMILES string of the molecule is COCCNc1ccc(C(=O)OC(C)C(=O)Nc2cccc(C)c2)cc1[N+](=O)[O-]. The number of nitro groups is 1. The van der Waals surface area contributed by atoms with Gasteiger partial charge < -0.3 is 20.1 Å². The summed E-state index contributed by atoms with van der Waals surface area (Å²) in [5.41, 5.74) is 1.52. The van der Waals surface area contributed by atoms with Gasteiger partial charge in [-0.15, -0.1) is 0 Å². The number of nitro benzene ring substituents is 1. The van der Waals surface area contributed by atoms with Crippen LogP contribution in [0.25, 0.3) is 0 Å². The number of rotatable bonds is 9. The average Bonchev–Trinajstić information content (AvgIpc) is 2.68. The highest BCUT2D eigenvalue weighted by Crippen LogP contribution is 2.26. The number of benzene rings is 2. The summed E-state index contributed by atoms with van der Waals surface area (Å²) >= 11 is 0. The maximum atomic E-state index is 12.3. The molecule has 0 saturated carbocycles. The molecule has 0 aliphatic carbocycles. The van der Waals surface area contributed by atoms with Crippen molar-refractivity contribution in [2.75, 3.05) is 30.9 Å². The Bertz CT molecular complexity index is 900. The number of hydrogen-bond donors (Lipinski definition) is 2. The monoisotopic (exact) mass is 401 g/mol. The van der Waals surface area contributed by atoms with Crippen LogP contribution >= 0.6 is 0 Å². The molecule has 0 spiro atoms. The van der Waals surface area contributed by atoms with Crippen LogP contribution in [0, 0.1) is 17.0 Å². The molecule has 29 heavy (non-hydrogen) atoms. The fourth-order valence-corrected chi connectivity index (χ4v) is 2.50. The smallest absolute Gasteiger partial charge is 0.339 e. The van der Waals surface area contributed by atoms with Gasteiger partial charge in [0, 0.05) is 25.4 Å². The summed E-state index contributed by atoms with van der Waals surface area (Å²) < 4.78 is 10.1. The first-order valence-electron chi connectivity index (χ1n) is 8.91. The molecule has 9 nitrogen and oxygen atoms in total. The van der Waals surface area contributed by atoms with Crippen LogP contribution in [-0.4, -0.2) is 43.2 Å². The van der Waals surface area contributed by atoms with Gasteiger partial charge in [-0.05, 0) is 43.7 Å². The predicted octanol–water partition coefficient (Wildman–Crippen LogP) is 3.15. The van der Waals surface area contributed by atoms with E-state index in [-0.39, 0.29) is 16.9 Å². The van der Waals surface area contributed by atoms with Crippen LogP contribution < -0.4 is 10.6 Å². The molecule has 1 atom stereocenters. The van der Waals surface area contributed by atoms with E-state index in [0.717, 1.165) is 11.6 Å². The molecular weight excluding hydrogens is 378 g/mol. The summed E-state index contributed by atoms with van der Waals surface area (Å²) in [6, 6.07) is 11.1. The van der Waals surface area contributed by atoms with Gasteiger partial charge in [0.2, 0.25) is 0 Å². The van der Waals surface area contributed by atoms with E-state index in [4.69, 9.17) is 9.47 Å². The molecule has 1 amide bonds. The Morgan fingerprint density at radius 2 is 1.97 bits per heavy atom. The van der Waals surface area contributed by atoms with Crippen molar-refractivity contribution >= 4 is 28.9 Å². The summed E-state index contributed by atoms with van der Waals surface area (Å²) in [5.74, 6) is -1.33. The molecule has 0 bridgehead atoms. The zero-order chi connectivity index (χ0) is 21.4. The van der Waals surface area contributed by atoms with Gasteiger partial charge in [0.05, 0.1) is 17.1 Å². The lowest BCUT2D eigenvalue weighted by molar-refractivity contribution is -0.384. The Kier molecular flexibility index (Phi) is 7.67. The molecule has 2 aromatic carbocycles. The number of esters is 1. The van der Waals surface area contributed by atoms with Gasteiger partial charge in [0.1, 0.15) is 5.69 Å². The molecule has 2 rings (SSSR count). The Balaban J connectivity index is 2.05. The second kappa shape index (κ2) is 10.2. The maximum absolute atomic E-state index is 12.3. The molecule has 9 heteroatoms. The van der Waals surface area contributed by atoms with E-state index in [1.54, 1.807) is 18.2 Å². The van der Waals surface area contributed by atoms with Gasteiger partial charge in [-0.1, -0.05) is 12.1 Å². The van der Waals surface area contributed by atoms with Crippen molar-refractivity contribution in [1.82, 2.24) is 0 Å². The highest BCUT2D eigenvalue weighted by molar-refractivity contribution is 5.97. The Morgan fingerprint density at radius 3 is 2.62 bits per heavy atom. The summed E-state index contributed by atoms with van der Waals surface area (Å²) in [6.07, 6.45) is -1.08. The molecule has 0 fully saturated rings. The molecule has 0 heterocycles. The lowest BCUT2D eigenvalue weighted by Gasteiger charge is -2.14. The zero-order valence-corrected chi connectivity index (χ0v) is 16.4. The van der Waals surface area contributed by atoms with Gasteiger partial charge in [-0.3, -0.25) is 14.9 Å². The summed E-state index contributed by atoms with van der Waals surface area (Å²) in [6.45, 7) is 4.06. The van der Waals surface area contributed by atoms with Crippen LogP contribution in [0.15, 0.2) is 42.5 Å². The molecule has 0 saturated heterocycles. The number of carbonyl (C=O) groups is 2. The fourth-order valence-electron chi connectivity index (χ4n) is 2.50. The molecule has 0 aliphatic heterocycles. The van der Waals surface area contributed by atoms with Gasteiger partial charge in [-0.25, -0.2) is 4.79 Å². The minimum absolute atomic E-state index is 0.0239. The van der Waals surface area contributed by atoms with Crippen molar-refractivity contribution in [1.29, 1.82) is 0 Å². The first-order valence-corrected chi connectivity index (χ1v) is 8.91. The third-order valence-electron chi connectivity index (χ3n) is 3.99. The largest absolute Gasteiger partial charge is 0.449 e. The first-order chi connectivity index (χ1) is 13.8. The summed E-state index contributed by atoms with van der Waals surface area (Å²) in [5, 5.41) is 16.8. The van der Waals surface area contributed by atoms with Crippen LogP contribution in [-0.2, 0) is 14.3 Å². The van der Waals surface area contributed by atoms with Crippen LogP contribution in [0.4, 0.5) is 17.1 Å². The van der Waals surface area contributed by atoms with E-state index in [9.17, 15) is 19.7 Å². The topological polar surface area (TPSA) is 120 Å². The van der Waals surface area contributed by atoms with E-state index in [2.05, 4.69) is 10.6 Å². The predicted molar refractivity (Wildman–Crippen MR) is 108 cm³/mol. The molecule has 2 N–H and O–H groups in total. The molecular formula is C20H23N3O6. The van der Waals surface area contributed by atoms with E-state index >= 15 is 0 Å². The number of aryl methyl sites for hydroxylation is 1. The average molecular weight is 401 g/mol. The standard InChI is InChI=1S/C20H23N3O6/c1-13-5-4-6-16(11-13)22-19(24)14(2)29-20(25)15-7-8-17(21-9-10-28-3)18(12-15)23(26)27/h4-8,11-12,14,21H,9-10H2,1-3H3,(H,22,24). The number of methoxy groups -OCH3 is 1. The van der Waals surface area contributed by atoms with Gasteiger partial charge >= 0.3 is 5.97 Å². The Labute approximate surface area is 168 Å². The quantitative estimate of drug-likeness (QED) is 0.287. The van der Waals surface area contributed by atoms with Crippen molar-refractivity contribution in [3.8, 4) is 0 Å². The van der Waals surface area contributed by atoms with Crippen LogP contribution in [0.2, 0.25) is 0 Å². The fraction of sp³-hybridized carbons (Fsp3) is 0.300. The normalized spacial score (nSPS) is 11.4. The van der Waals surface area contributed by atoms with Gasteiger partial charge in [0.25, 0.3) is 11.6 Å². The number of carbonyl (C=O) groups excluding carboxylic acids is 2. The van der Waals surface area contributed by atoms with Crippen molar-refractivity contribution in [2.45, 2.75) is 20.0 Å². The second-order valence-electron chi connectivity index (χ2n) is 6.31. The van der Waals surface area contributed by atoms with Gasteiger partial charge in [0.15, 0.2) is 6.10 Å². The summed E-state index contributed by atoms with van der Waals surface area (Å²) in [4.78, 5) is 35.3. The van der Waals surface area contributed by atoms with Gasteiger partial charge in [-0.2, -0.15) is 0 Å². The highest BCUT2D eigenvalue weighted by atomic mass is 16.6.